The Bertz CT molecular complexity index is 526. The van der Waals surface area contributed by atoms with Crippen LogP contribution in [0, 0.1) is 0 Å². The Balaban J connectivity index is 1.65. The lowest BCUT2D eigenvalue weighted by Gasteiger charge is -2.10. The van der Waals surface area contributed by atoms with Crippen molar-refractivity contribution < 1.29 is 4.74 Å². The van der Waals surface area contributed by atoms with E-state index in [-0.39, 0.29) is 0 Å². The number of ether oxygens (including phenoxy) is 1. The van der Waals surface area contributed by atoms with Crippen molar-refractivity contribution >= 4 is 0 Å². The normalized spacial score (nSPS) is 14.6. The maximum atomic E-state index is 5.18. The number of hydrogen-bond donors (Lipinski definition) is 1. The maximum absolute atomic E-state index is 5.18. The smallest absolute Gasteiger partial charge is 0.118 e. The summed E-state index contributed by atoms with van der Waals surface area (Å²) in [6.45, 7) is 1.88. The average molecular weight is 256 g/mol. The summed E-state index contributed by atoms with van der Waals surface area (Å²) in [5, 5.41) is 3.56. The molecule has 0 aliphatic heterocycles. The summed E-state index contributed by atoms with van der Waals surface area (Å²) in [7, 11) is 1.70. The van der Waals surface area contributed by atoms with E-state index in [0.717, 1.165) is 24.9 Å². The zero-order valence-corrected chi connectivity index (χ0v) is 11.3. The number of methoxy groups -OCH3 is 1. The van der Waals surface area contributed by atoms with Crippen molar-refractivity contribution in [2.75, 3.05) is 7.11 Å². The van der Waals surface area contributed by atoms with Crippen LogP contribution in [0.5, 0.6) is 5.75 Å². The minimum absolute atomic E-state index is 0.754. The molecule has 3 heteroatoms. The van der Waals surface area contributed by atoms with Crippen molar-refractivity contribution in [1.82, 2.24) is 9.88 Å². The molecule has 0 atom stereocenters. The number of aromatic nitrogens is 1. The Labute approximate surface area is 114 Å². The van der Waals surface area contributed by atoms with Gasteiger partial charge in [-0.25, -0.2) is 0 Å². The van der Waals surface area contributed by atoms with Crippen molar-refractivity contribution in [3.05, 3.63) is 53.9 Å². The molecule has 1 aromatic heterocycles. The second kappa shape index (κ2) is 5.49. The van der Waals surface area contributed by atoms with Gasteiger partial charge in [0.25, 0.3) is 0 Å². The van der Waals surface area contributed by atoms with Crippen LogP contribution in [0.15, 0.2) is 42.6 Å². The third-order valence-electron chi connectivity index (χ3n) is 3.58. The molecule has 1 aromatic carbocycles. The minimum atomic E-state index is 0.754. The molecule has 0 spiro atoms. The van der Waals surface area contributed by atoms with Crippen LogP contribution in [0.2, 0.25) is 0 Å². The molecule has 1 N–H and O–H groups in total. The van der Waals surface area contributed by atoms with Crippen LogP contribution < -0.4 is 10.1 Å². The summed E-state index contributed by atoms with van der Waals surface area (Å²) < 4.78 is 7.49. The van der Waals surface area contributed by atoms with E-state index in [4.69, 9.17) is 4.74 Å². The predicted octanol–water partition coefficient (Wildman–Crippen LogP) is 2.80. The second-order valence-corrected chi connectivity index (χ2v) is 5.13. The number of rotatable bonds is 6. The first-order valence-corrected chi connectivity index (χ1v) is 6.85. The van der Waals surface area contributed by atoms with Gasteiger partial charge in [-0.1, -0.05) is 12.1 Å². The van der Waals surface area contributed by atoms with Crippen LogP contribution in [-0.4, -0.2) is 17.7 Å². The molecular weight excluding hydrogens is 236 g/mol. The molecule has 19 heavy (non-hydrogen) atoms. The molecule has 100 valence electrons. The molecule has 1 heterocycles. The van der Waals surface area contributed by atoms with Crippen LogP contribution in [0.3, 0.4) is 0 Å². The fourth-order valence-corrected chi connectivity index (χ4v) is 2.23. The van der Waals surface area contributed by atoms with Gasteiger partial charge in [-0.3, -0.25) is 0 Å². The van der Waals surface area contributed by atoms with Gasteiger partial charge in [0.15, 0.2) is 0 Å². The van der Waals surface area contributed by atoms with E-state index in [1.165, 1.54) is 24.1 Å². The van der Waals surface area contributed by atoms with E-state index in [1.54, 1.807) is 7.11 Å². The average Bonchev–Trinajstić information content (AvgIpc) is 3.18. The van der Waals surface area contributed by atoms with Crippen LogP contribution >= 0.6 is 0 Å². The van der Waals surface area contributed by atoms with Crippen LogP contribution in [0.4, 0.5) is 0 Å². The summed E-state index contributed by atoms with van der Waals surface area (Å²) in [6.07, 6.45) is 4.81. The van der Waals surface area contributed by atoms with Crippen LogP contribution in [0.1, 0.15) is 24.1 Å². The van der Waals surface area contributed by atoms with Gasteiger partial charge in [0.05, 0.1) is 7.11 Å². The highest BCUT2D eigenvalue weighted by molar-refractivity contribution is 5.27. The molecular formula is C16H20N2O. The Morgan fingerprint density at radius 3 is 2.68 bits per heavy atom. The lowest BCUT2D eigenvalue weighted by molar-refractivity contribution is 0.414. The fourth-order valence-electron chi connectivity index (χ4n) is 2.23. The van der Waals surface area contributed by atoms with Gasteiger partial charge in [0.1, 0.15) is 5.75 Å². The topological polar surface area (TPSA) is 26.2 Å². The van der Waals surface area contributed by atoms with E-state index in [2.05, 4.69) is 40.3 Å². The molecule has 0 amide bonds. The number of hydrogen-bond acceptors (Lipinski definition) is 2. The minimum Gasteiger partial charge on any atom is -0.497 e. The first-order chi connectivity index (χ1) is 9.35. The first-order valence-electron chi connectivity index (χ1n) is 6.85. The second-order valence-electron chi connectivity index (χ2n) is 5.13. The number of nitrogens with zero attached hydrogens (tertiary/aromatic N) is 1. The molecule has 3 rings (SSSR count). The molecule has 0 radical (unpaired) electrons. The Hall–Kier alpha value is -1.74. The summed E-state index contributed by atoms with van der Waals surface area (Å²) in [4.78, 5) is 0. The van der Waals surface area contributed by atoms with Gasteiger partial charge in [0.2, 0.25) is 0 Å². The Morgan fingerprint density at radius 1 is 1.21 bits per heavy atom. The lowest BCUT2D eigenvalue weighted by atomic mass is 10.2. The van der Waals surface area contributed by atoms with Crippen molar-refractivity contribution in [3.8, 4) is 5.75 Å². The molecule has 0 saturated heterocycles. The van der Waals surface area contributed by atoms with Gasteiger partial charge >= 0.3 is 0 Å². The molecule has 3 nitrogen and oxygen atoms in total. The van der Waals surface area contributed by atoms with Crippen LogP contribution in [-0.2, 0) is 13.1 Å². The van der Waals surface area contributed by atoms with Crippen molar-refractivity contribution in [2.45, 2.75) is 32.0 Å². The maximum Gasteiger partial charge on any atom is 0.118 e. The third-order valence-corrected chi connectivity index (χ3v) is 3.58. The molecule has 1 saturated carbocycles. The SMILES string of the molecule is COc1ccc(Cn2cccc2CNC2CC2)cc1. The van der Waals surface area contributed by atoms with Gasteiger partial charge in [-0.05, 0) is 42.7 Å². The standard InChI is InChI=1S/C16H20N2O/c1-19-16-8-4-13(5-9-16)12-18-10-2-3-15(18)11-17-14-6-7-14/h2-5,8-10,14,17H,6-7,11-12H2,1H3. The fraction of sp³-hybridized carbons (Fsp3) is 0.375. The third kappa shape index (κ3) is 3.18. The first kappa shape index (κ1) is 12.3. The van der Waals surface area contributed by atoms with Gasteiger partial charge in [-0.2, -0.15) is 0 Å². The molecule has 0 bridgehead atoms. The zero-order chi connectivity index (χ0) is 13.1. The molecule has 2 aromatic rings. The largest absolute Gasteiger partial charge is 0.497 e. The highest BCUT2D eigenvalue weighted by Gasteiger charge is 2.20. The molecule has 1 aliphatic carbocycles. The predicted molar refractivity (Wildman–Crippen MR) is 76.4 cm³/mol. The van der Waals surface area contributed by atoms with Gasteiger partial charge in [0, 0.05) is 31.0 Å². The molecule has 0 unspecified atom stereocenters. The van der Waals surface area contributed by atoms with E-state index in [1.807, 2.05) is 12.1 Å². The summed E-state index contributed by atoms with van der Waals surface area (Å²) in [5.74, 6) is 0.909. The Kier molecular flexibility index (Phi) is 3.56. The van der Waals surface area contributed by atoms with Crippen molar-refractivity contribution in [3.63, 3.8) is 0 Å². The summed E-state index contributed by atoms with van der Waals surface area (Å²) in [6, 6.07) is 13.3. The van der Waals surface area contributed by atoms with Gasteiger partial charge in [-0.15, -0.1) is 0 Å². The highest BCUT2D eigenvalue weighted by atomic mass is 16.5. The number of nitrogens with one attached hydrogen (secondary N) is 1. The van der Waals surface area contributed by atoms with Gasteiger partial charge < -0.3 is 14.6 Å². The van der Waals surface area contributed by atoms with E-state index < -0.39 is 0 Å². The molecule has 1 aliphatic rings. The quantitative estimate of drug-likeness (QED) is 0.860. The van der Waals surface area contributed by atoms with E-state index >= 15 is 0 Å². The monoisotopic (exact) mass is 256 g/mol. The van der Waals surface area contributed by atoms with Crippen molar-refractivity contribution in [1.29, 1.82) is 0 Å². The zero-order valence-electron chi connectivity index (χ0n) is 11.3. The number of benzene rings is 1. The van der Waals surface area contributed by atoms with Crippen LogP contribution in [0.25, 0.3) is 0 Å². The van der Waals surface area contributed by atoms with Crippen molar-refractivity contribution in [2.24, 2.45) is 0 Å². The summed E-state index contributed by atoms with van der Waals surface area (Å²) >= 11 is 0. The summed E-state index contributed by atoms with van der Waals surface area (Å²) in [5.41, 5.74) is 2.65. The lowest BCUT2D eigenvalue weighted by Crippen LogP contribution is -2.18. The molecule has 1 fully saturated rings. The highest BCUT2D eigenvalue weighted by Crippen LogP contribution is 2.19. The van der Waals surface area contributed by atoms with E-state index in [0.29, 0.717) is 0 Å². The Morgan fingerprint density at radius 2 is 2.00 bits per heavy atom. The van der Waals surface area contributed by atoms with E-state index in [9.17, 15) is 0 Å².